The number of hydrogen-bond donors (Lipinski definition) is 2. The number of benzene rings is 2. The molecule has 1 saturated heterocycles. The van der Waals surface area contributed by atoms with Crippen molar-refractivity contribution in [3.05, 3.63) is 59.4 Å². The largest absolute Gasteiger partial charge is 0.341 e. The summed E-state index contributed by atoms with van der Waals surface area (Å²) in [5.41, 5.74) is 1.48. The van der Waals surface area contributed by atoms with Crippen molar-refractivity contribution in [2.75, 3.05) is 28.6 Å². The van der Waals surface area contributed by atoms with Gasteiger partial charge in [-0.25, -0.2) is 4.39 Å². The van der Waals surface area contributed by atoms with E-state index in [1.54, 1.807) is 6.07 Å². The Kier molecular flexibility index (Phi) is 5.02. The molecule has 2 heterocycles. The quantitative estimate of drug-likeness (QED) is 0.661. The highest BCUT2D eigenvalue weighted by Gasteiger charge is 2.18. The van der Waals surface area contributed by atoms with Gasteiger partial charge in [0.05, 0.1) is 5.02 Å². The Hall–Kier alpha value is -2.93. The van der Waals surface area contributed by atoms with Gasteiger partial charge in [0.15, 0.2) is 0 Å². The van der Waals surface area contributed by atoms with Gasteiger partial charge in [-0.3, -0.25) is 0 Å². The highest BCUT2D eigenvalue weighted by molar-refractivity contribution is 6.31. The van der Waals surface area contributed by atoms with E-state index in [9.17, 15) is 4.39 Å². The van der Waals surface area contributed by atoms with E-state index in [4.69, 9.17) is 11.6 Å². The lowest BCUT2D eigenvalue weighted by Gasteiger charge is -2.17. The van der Waals surface area contributed by atoms with Gasteiger partial charge >= 0.3 is 0 Å². The highest BCUT2D eigenvalue weighted by Crippen LogP contribution is 2.24. The molecule has 0 unspecified atom stereocenters. The van der Waals surface area contributed by atoms with E-state index >= 15 is 0 Å². The molecule has 1 aliphatic rings. The van der Waals surface area contributed by atoms with Crippen molar-refractivity contribution in [3.63, 3.8) is 0 Å². The van der Waals surface area contributed by atoms with E-state index in [2.05, 4.69) is 30.5 Å². The second kappa shape index (κ2) is 7.75. The molecule has 3 aromatic rings. The third-order valence-electron chi connectivity index (χ3n) is 4.22. The van der Waals surface area contributed by atoms with Crippen LogP contribution >= 0.6 is 11.6 Å². The van der Waals surface area contributed by atoms with E-state index in [0.717, 1.165) is 31.6 Å². The summed E-state index contributed by atoms with van der Waals surface area (Å²) in [4.78, 5) is 15.6. The van der Waals surface area contributed by atoms with Gasteiger partial charge in [-0.15, -0.1) is 0 Å². The van der Waals surface area contributed by atoms with Gasteiger partial charge in [0.2, 0.25) is 17.8 Å². The summed E-state index contributed by atoms with van der Waals surface area (Å²) in [7, 11) is 0. The number of anilines is 5. The summed E-state index contributed by atoms with van der Waals surface area (Å²) < 4.78 is 13.4. The lowest BCUT2D eigenvalue weighted by atomic mass is 10.3. The maximum Gasteiger partial charge on any atom is 0.233 e. The van der Waals surface area contributed by atoms with Crippen LogP contribution in [0.1, 0.15) is 12.8 Å². The molecule has 0 amide bonds. The molecule has 2 N–H and O–H groups in total. The van der Waals surface area contributed by atoms with Gasteiger partial charge in [0.1, 0.15) is 5.82 Å². The Morgan fingerprint density at radius 3 is 2.19 bits per heavy atom. The predicted molar refractivity (Wildman–Crippen MR) is 106 cm³/mol. The number of rotatable bonds is 5. The Balaban J connectivity index is 1.65. The van der Waals surface area contributed by atoms with Gasteiger partial charge in [0, 0.05) is 24.5 Å². The zero-order valence-corrected chi connectivity index (χ0v) is 15.2. The number of nitrogens with one attached hydrogen (secondary N) is 2. The summed E-state index contributed by atoms with van der Waals surface area (Å²) in [6, 6.07) is 14.1. The standard InChI is InChI=1S/C19H18ClFN6/c20-15-12-14(8-9-16(15)21)23-18-24-17(22-13-6-2-1-3-7-13)25-19(26-18)27-10-4-5-11-27/h1-3,6-9,12H,4-5,10-11H2,(H2,22,23,24,25,26). The zero-order valence-electron chi connectivity index (χ0n) is 14.5. The molecule has 0 radical (unpaired) electrons. The molecule has 4 rings (SSSR count). The van der Waals surface area contributed by atoms with Crippen LogP contribution in [0.2, 0.25) is 5.02 Å². The van der Waals surface area contributed by atoms with E-state index in [1.807, 2.05) is 30.3 Å². The van der Waals surface area contributed by atoms with Crippen LogP contribution in [-0.4, -0.2) is 28.0 Å². The van der Waals surface area contributed by atoms with Crippen molar-refractivity contribution in [3.8, 4) is 0 Å². The minimum absolute atomic E-state index is 0.0384. The molecule has 8 heteroatoms. The van der Waals surface area contributed by atoms with Crippen molar-refractivity contribution in [2.45, 2.75) is 12.8 Å². The second-order valence-corrected chi connectivity index (χ2v) is 6.63. The molecule has 0 aliphatic carbocycles. The van der Waals surface area contributed by atoms with E-state index in [0.29, 0.717) is 23.5 Å². The number of aromatic nitrogens is 3. The van der Waals surface area contributed by atoms with Gasteiger partial charge in [-0.05, 0) is 43.2 Å². The van der Waals surface area contributed by atoms with E-state index in [1.165, 1.54) is 12.1 Å². The molecule has 0 spiro atoms. The first-order chi connectivity index (χ1) is 13.2. The molecule has 0 bridgehead atoms. The van der Waals surface area contributed by atoms with Crippen LogP contribution in [0.5, 0.6) is 0 Å². The number of para-hydroxylation sites is 1. The zero-order chi connectivity index (χ0) is 18.6. The first-order valence-corrected chi connectivity index (χ1v) is 9.10. The number of nitrogens with zero attached hydrogens (tertiary/aromatic N) is 4. The van der Waals surface area contributed by atoms with Crippen molar-refractivity contribution in [1.82, 2.24) is 15.0 Å². The molecule has 1 aromatic heterocycles. The molecule has 138 valence electrons. The van der Waals surface area contributed by atoms with Crippen LogP contribution < -0.4 is 15.5 Å². The third-order valence-corrected chi connectivity index (χ3v) is 4.51. The fourth-order valence-electron chi connectivity index (χ4n) is 2.89. The molecular weight excluding hydrogens is 367 g/mol. The smallest absolute Gasteiger partial charge is 0.233 e. The third kappa shape index (κ3) is 4.25. The first-order valence-electron chi connectivity index (χ1n) is 8.72. The molecule has 6 nitrogen and oxygen atoms in total. The van der Waals surface area contributed by atoms with Crippen LogP contribution in [0.15, 0.2) is 48.5 Å². The maximum absolute atomic E-state index is 13.4. The normalized spacial score (nSPS) is 13.6. The minimum Gasteiger partial charge on any atom is -0.341 e. The van der Waals surface area contributed by atoms with Crippen molar-refractivity contribution < 1.29 is 4.39 Å². The predicted octanol–water partition coefficient (Wildman–Crippen LogP) is 4.75. The Labute approximate surface area is 161 Å². The summed E-state index contributed by atoms with van der Waals surface area (Å²) in [5.74, 6) is 0.945. The summed E-state index contributed by atoms with van der Waals surface area (Å²) in [6.45, 7) is 1.83. The van der Waals surface area contributed by atoms with Gasteiger partial charge < -0.3 is 15.5 Å². The molecule has 0 atom stereocenters. The van der Waals surface area contributed by atoms with Crippen LogP contribution in [0.4, 0.5) is 33.6 Å². The van der Waals surface area contributed by atoms with Gasteiger partial charge in [-0.1, -0.05) is 29.8 Å². The topological polar surface area (TPSA) is 66.0 Å². The molecule has 2 aromatic carbocycles. The lowest BCUT2D eigenvalue weighted by molar-refractivity contribution is 0.628. The second-order valence-electron chi connectivity index (χ2n) is 6.22. The minimum atomic E-state index is -0.470. The lowest BCUT2D eigenvalue weighted by Crippen LogP contribution is -2.21. The average Bonchev–Trinajstić information content (AvgIpc) is 3.20. The molecule has 0 saturated carbocycles. The Bertz CT molecular complexity index is 931. The van der Waals surface area contributed by atoms with Crippen molar-refractivity contribution in [2.24, 2.45) is 0 Å². The summed E-state index contributed by atoms with van der Waals surface area (Å²) >= 11 is 5.86. The number of hydrogen-bond acceptors (Lipinski definition) is 6. The monoisotopic (exact) mass is 384 g/mol. The SMILES string of the molecule is Fc1ccc(Nc2nc(Nc3ccccc3)nc(N3CCCC3)n2)cc1Cl. The van der Waals surface area contributed by atoms with Gasteiger partial charge in [0.25, 0.3) is 0 Å². The number of halogens is 2. The molecule has 1 fully saturated rings. The molecule has 1 aliphatic heterocycles. The Morgan fingerprint density at radius 2 is 1.52 bits per heavy atom. The fraction of sp³-hybridized carbons (Fsp3) is 0.211. The van der Waals surface area contributed by atoms with Crippen LogP contribution in [0, 0.1) is 5.82 Å². The van der Waals surface area contributed by atoms with Crippen LogP contribution in [0.3, 0.4) is 0 Å². The molecular formula is C19H18ClFN6. The fourth-order valence-corrected chi connectivity index (χ4v) is 3.07. The van der Waals surface area contributed by atoms with Crippen molar-refractivity contribution >= 4 is 40.8 Å². The Morgan fingerprint density at radius 1 is 0.852 bits per heavy atom. The molecule has 27 heavy (non-hydrogen) atoms. The van der Waals surface area contributed by atoms with Crippen LogP contribution in [-0.2, 0) is 0 Å². The van der Waals surface area contributed by atoms with Crippen molar-refractivity contribution in [1.29, 1.82) is 0 Å². The average molecular weight is 385 g/mol. The maximum atomic E-state index is 13.4. The highest BCUT2D eigenvalue weighted by atomic mass is 35.5. The summed E-state index contributed by atoms with van der Waals surface area (Å²) in [5, 5.41) is 6.32. The summed E-state index contributed by atoms with van der Waals surface area (Å²) in [6.07, 6.45) is 2.23. The first kappa shape index (κ1) is 17.5. The van der Waals surface area contributed by atoms with E-state index < -0.39 is 5.82 Å². The van der Waals surface area contributed by atoms with Crippen LogP contribution in [0.25, 0.3) is 0 Å². The van der Waals surface area contributed by atoms with E-state index in [-0.39, 0.29) is 5.02 Å². The van der Waals surface area contributed by atoms with Gasteiger partial charge in [-0.2, -0.15) is 15.0 Å².